The van der Waals surface area contributed by atoms with Crippen LogP contribution >= 0.6 is 23.6 Å². The van der Waals surface area contributed by atoms with Crippen LogP contribution in [-0.2, 0) is 4.79 Å². The number of carbonyl (C=O) groups is 2. The summed E-state index contributed by atoms with van der Waals surface area (Å²) in [6, 6.07) is 10.4. The Morgan fingerprint density at radius 3 is 2.66 bits per heavy atom. The van der Waals surface area contributed by atoms with Crippen molar-refractivity contribution < 1.29 is 19.1 Å². The molecule has 2 amide bonds. The molecule has 2 aromatic carbocycles. The second kappa shape index (κ2) is 8.02. The molecule has 29 heavy (non-hydrogen) atoms. The van der Waals surface area contributed by atoms with E-state index in [1.165, 1.54) is 18.3 Å². The van der Waals surface area contributed by atoms with Crippen molar-refractivity contribution >= 4 is 61.5 Å². The van der Waals surface area contributed by atoms with Gasteiger partial charge < -0.3 is 20.1 Å². The number of thiocarbonyl (C=S) groups is 1. The molecular formula is C19H16N4O4S2. The minimum absolute atomic E-state index is 0.131. The van der Waals surface area contributed by atoms with Crippen LogP contribution in [-0.4, -0.2) is 35.1 Å². The Balaban J connectivity index is 1.42. The van der Waals surface area contributed by atoms with Gasteiger partial charge >= 0.3 is 0 Å². The van der Waals surface area contributed by atoms with Crippen LogP contribution < -0.4 is 25.4 Å². The predicted molar refractivity (Wildman–Crippen MR) is 115 cm³/mol. The number of hydrogen-bond acceptors (Lipinski definition) is 7. The highest BCUT2D eigenvalue weighted by Gasteiger charge is 2.16. The van der Waals surface area contributed by atoms with E-state index in [1.54, 1.807) is 30.3 Å². The molecule has 0 bridgehead atoms. The van der Waals surface area contributed by atoms with Gasteiger partial charge in [0.25, 0.3) is 5.91 Å². The van der Waals surface area contributed by atoms with Gasteiger partial charge in [-0.15, -0.1) is 0 Å². The molecular weight excluding hydrogens is 412 g/mol. The second-order valence-corrected chi connectivity index (χ2v) is 7.59. The quantitative estimate of drug-likeness (QED) is 0.551. The van der Waals surface area contributed by atoms with Gasteiger partial charge in [-0.05, 0) is 48.6 Å². The molecule has 0 spiro atoms. The molecule has 0 aliphatic carbocycles. The van der Waals surface area contributed by atoms with Crippen LogP contribution in [0.2, 0.25) is 0 Å². The Morgan fingerprint density at radius 2 is 1.86 bits per heavy atom. The highest BCUT2D eigenvalue weighted by Crippen LogP contribution is 2.31. The summed E-state index contributed by atoms with van der Waals surface area (Å²) >= 11 is 6.59. The zero-order chi connectivity index (χ0) is 20.4. The number of fused-ring (bicyclic) bond motifs is 2. The number of nitrogens with zero attached hydrogens (tertiary/aromatic N) is 1. The minimum atomic E-state index is -0.367. The van der Waals surface area contributed by atoms with E-state index in [2.05, 4.69) is 20.9 Å². The van der Waals surface area contributed by atoms with Crippen LogP contribution in [0.3, 0.4) is 0 Å². The number of nitrogens with one attached hydrogen (secondary N) is 3. The van der Waals surface area contributed by atoms with Gasteiger partial charge in [-0.2, -0.15) is 0 Å². The third-order valence-electron chi connectivity index (χ3n) is 3.96. The maximum atomic E-state index is 12.5. The number of ether oxygens (including phenoxy) is 2. The molecule has 10 heteroatoms. The summed E-state index contributed by atoms with van der Waals surface area (Å²) in [5.41, 5.74) is 1.85. The standard InChI is InChI=1S/C19H16N4O4S2/c1-10(24)20-12-3-4-13-16(9-12)29-19(21-13)23-18(28)22-17(25)11-2-5-14-15(8-11)27-7-6-26-14/h2-5,8-9H,6-7H2,1H3,(H,20,24)(H2,21,22,23,25,28). The van der Waals surface area contributed by atoms with Gasteiger partial charge in [0.15, 0.2) is 21.7 Å². The summed E-state index contributed by atoms with van der Waals surface area (Å²) in [7, 11) is 0. The molecule has 0 unspecified atom stereocenters. The van der Waals surface area contributed by atoms with Crippen molar-refractivity contribution in [1.82, 2.24) is 10.3 Å². The van der Waals surface area contributed by atoms with Crippen LogP contribution in [0.5, 0.6) is 11.5 Å². The summed E-state index contributed by atoms with van der Waals surface area (Å²) in [6.07, 6.45) is 0. The number of hydrogen-bond donors (Lipinski definition) is 3. The second-order valence-electron chi connectivity index (χ2n) is 6.15. The zero-order valence-electron chi connectivity index (χ0n) is 15.3. The zero-order valence-corrected chi connectivity index (χ0v) is 16.9. The molecule has 1 aliphatic rings. The van der Waals surface area contributed by atoms with E-state index in [1.807, 2.05) is 6.07 Å². The Morgan fingerprint density at radius 1 is 1.07 bits per heavy atom. The van der Waals surface area contributed by atoms with Gasteiger partial charge in [-0.1, -0.05) is 11.3 Å². The molecule has 0 fully saturated rings. The summed E-state index contributed by atoms with van der Waals surface area (Å²) in [6.45, 7) is 2.38. The molecule has 0 atom stereocenters. The molecule has 3 aromatic rings. The molecule has 0 saturated heterocycles. The number of benzene rings is 2. The van der Waals surface area contributed by atoms with Crippen molar-refractivity contribution in [2.75, 3.05) is 23.8 Å². The Kier molecular flexibility index (Phi) is 5.28. The van der Waals surface area contributed by atoms with Crippen molar-refractivity contribution in [3.05, 3.63) is 42.0 Å². The highest BCUT2D eigenvalue weighted by atomic mass is 32.1. The van der Waals surface area contributed by atoms with Crippen LogP contribution in [0.1, 0.15) is 17.3 Å². The molecule has 1 aromatic heterocycles. The topological polar surface area (TPSA) is 102 Å². The van der Waals surface area contributed by atoms with E-state index < -0.39 is 0 Å². The number of rotatable bonds is 3. The fourth-order valence-electron chi connectivity index (χ4n) is 2.75. The third kappa shape index (κ3) is 4.44. The van der Waals surface area contributed by atoms with Crippen molar-refractivity contribution in [2.45, 2.75) is 6.92 Å². The number of thiazole rings is 1. The smallest absolute Gasteiger partial charge is 0.257 e. The number of aromatic nitrogens is 1. The summed E-state index contributed by atoms with van der Waals surface area (Å²) < 4.78 is 11.8. The molecule has 1 aliphatic heterocycles. The van der Waals surface area contributed by atoms with E-state index in [4.69, 9.17) is 21.7 Å². The van der Waals surface area contributed by atoms with E-state index in [9.17, 15) is 9.59 Å². The van der Waals surface area contributed by atoms with E-state index in [-0.39, 0.29) is 16.9 Å². The average molecular weight is 428 g/mol. The lowest BCUT2D eigenvalue weighted by molar-refractivity contribution is -0.114. The summed E-state index contributed by atoms with van der Waals surface area (Å²) in [4.78, 5) is 28.1. The molecule has 3 N–H and O–H groups in total. The van der Waals surface area contributed by atoms with E-state index in [0.29, 0.717) is 41.1 Å². The maximum Gasteiger partial charge on any atom is 0.257 e. The first-order valence-electron chi connectivity index (χ1n) is 8.68. The van der Waals surface area contributed by atoms with Crippen molar-refractivity contribution in [3.63, 3.8) is 0 Å². The largest absolute Gasteiger partial charge is 0.486 e. The molecule has 8 nitrogen and oxygen atoms in total. The summed E-state index contributed by atoms with van der Waals surface area (Å²) in [5, 5.41) is 8.94. The van der Waals surface area contributed by atoms with Crippen LogP contribution in [0, 0.1) is 0 Å². The van der Waals surface area contributed by atoms with Gasteiger partial charge in [0.05, 0.1) is 10.2 Å². The van der Waals surface area contributed by atoms with Gasteiger partial charge in [-0.3, -0.25) is 14.9 Å². The lowest BCUT2D eigenvalue weighted by Crippen LogP contribution is -2.34. The average Bonchev–Trinajstić information content (AvgIpc) is 3.08. The summed E-state index contributed by atoms with van der Waals surface area (Å²) in [5.74, 6) is 0.634. The first-order chi connectivity index (χ1) is 14.0. The van der Waals surface area contributed by atoms with Crippen molar-refractivity contribution in [3.8, 4) is 11.5 Å². The van der Waals surface area contributed by atoms with Crippen LogP contribution in [0.25, 0.3) is 10.2 Å². The highest BCUT2D eigenvalue weighted by molar-refractivity contribution is 7.80. The molecule has 148 valence electrons. The van der Waals surface area contributed by atoms with E-state index in [0.717, 1.165) is 10.2 Å². The molecule has 4 rings (SSSR count). The number of amides is 2. The van der Waals surface area contributed by atoms with Gasteiger partial charge in [0, 0.05) is 18.2 Å². The fraction of sp³-hybridized carbons (Fsp3) is 0.158. The Hall–Kier alpha value is -3.24. The predicted octanol–water partition coefficient (Wildman–Crippen LogP) is 3.15. The monoisotopic (exact) mass is 428 g/mol. The Bertz CT molecular complexity index is 1130. The van der Waals surface area contributed by atoms with Crippen molar-refractivity contribution in [2.24, 2.45) is 0 Å². The molecule has 0 radical (unpaired) electrons. The third-order valence-corrected chi connectivity index (χ3v) is 5.10. The molecule has 2 heterocycles. The molecule has 0 saturated carbocycles. The van der Waals surface area contributed by atoms with Gasteiger partial charge in [-0.25, -0.2) is 4.98 Å². The number of anilines is 2. The van der Waals surface area contributed by atoms with Crippen molar-refractivity contribution in [1.29, 1.82) is 0 Å². The normalized spacial score (nSPS) is 12.3. The number of carbonyl (C=O) groups excluding carboxylic acids is 2. The maximum absolute atomic E-state index is 12.5. The van der Waals surface area contributed by atoms with Crippen LogP contribution in [0.4, 0.5) is 10.8 Å². The fourth-order valence-corrected chi connectivity index (χ4v) is 3.91. The lowest BCUT2D eigenvalue weighted by atomic mass is 10.2. The van der Waals surface area contributed by atoms with Crippen LogP contribution in [0.15, 0.2) is 36.4 Å². The Labute approximate surface area is 175 Å². The SMILES string of the molecule is CC(=O)Nc1ccc2nc(NC(=S)NC(=O)c3ccc4c(c3)OCCO4)sc2c1. The van der Waals surface area contributed by atoms with Gasteiger partial charge in [0.1, 0.15) is 13.2 Å². The first-order valence-corrected chi connectivity index (χ1v) is 9.90. The lowest BCUT2D eigenvalue weighted by Gasteiger charge is -2.18. The van der Waals surface area contributed by atoms with Gasteiger partial charge in [0.2, 0.25) is 5.91 Å². The first kappa shape index (κ1) is 19.1. The van der Waals surface area contributed by atoms with E-state index >= 15 is 0 Å². The minimum Gasteiger partial charge on any atom is -0.486 e.